The van der Waals surface area contributed by atoms with Gasteiger partial charge in [0, 0.05) is 6.61 Å². The molecule has 0 radical (unpaired) electrons. The van der Waals surface area contributed by atoms with Crippen molar-refractivity contribution in [3.8, 4) is 0 Å². The Balaban J connectivity index is 2.02. The standard InChI is InChI=1S/C13H24O3/c1-4-13(14)8-6-11(16-10(13)2)12(3)7-5-9-15-12/h10-11,14H,4-9H2,1-3H3/t10-,11-,12+,13+/m0/s1. The van der Waals surface area contributed by atoms with Crippen LogP contribution in [0.1, 0.15) is 52.9 Å². The van der Waals surface area contributed by atoms with E-state index in [4.69, 9.17) is 9.47 Å². The number of aliphatic hydroxyl groups is 1. The van der Waals surface area contributed by atoms with E-state index in [-0.39, 0.29) is 17.8 Å². The molecule has 16 heavy (non-hydrogen) atoms. The summed E-state index contributed by atoms with van der Waals surface area (Å²) in [4.78, 5) is 0. The van der Waals surface area contributed by atoms with Crippen LogP contribution in [0, 0.1) is 0 Å². The number of hydrogen-bond donors (Lipinski definition) is 1. The Morgan fingerprint density at radius 1 is 1.38 bits per heavy atom. The fourth-order valence-corrected chi connectivity index (χ4v) is 2.99. The molecular weight excluding hydrogens is 204 g/mol. The van der Waals surface area contributed by atoms with Gasteiger partial charge in [-0.25, -0.2) is 0 Å². The first-order valence-electron chi connectivity index (χ1n) is 6.52. The topological polar surface area (TPSA) is 38.7 Å². The van der Waals surface area contributed by atoms with Crippen LogP contribution >= 0.6 is 0 Å². The van der Waals surface area contributed by atoms with E-state index < -0.39 is 5.60 Å². The minimum absolute atomic E-state index is 0.0859. The van der Waals surface area contributed by atoms with Crippen LogP contribution in [-0.2, 0) is 9.47 Å². The third-order valence-corrected chi connectivity index (χ3v) is 4.51. The molecule has 2 rings (SSSR count). The Morgan fingerprint density at radius 2 is 2.12 bits per heavy atom. The lowest BCUT2D eigenvalue weighted by atomic mass is 9.81. The first-order chi connectivity index (χ1) is 7.50. The molecule has 0 aliphatic carbocycles. The molecule has 0 saturated carbocycles. The third-order valence-electron chi connectivity index (χ3n) is 4.51. The Labute approximate surface area is 98.1 Å². The molecule has 94 valence electrons. The average Bonchev–Trinajstić information content (AvgIpc) is 2.70. The summed E-state index contributed by atoms with van der Waals surface area (Å²) in [5.74, 6) is 0. The third kappa shape index (κ3) is 2.01. The van der Waals surface area contributed by atoms with Crippen LogP contribution in [0.25, 0.3) is 0 Å². The predicted molar refractivity (Wildman–Crippen MR) is 62.4 cm³/mol. The molecule has 0 aromatic heterocycles. The highest BCUT2D eigenvalue weighted by atomic mass is 16.6. The lowest BCUT2D eigenvalue weighted by Gasteiger charge is -2.45. The van der Waals surface area contributed by atoms with Crippen molar-refractivity contribution in [2.24, 2.45) is 0 Å². The van der Waals surface area contributed by atoms with Gasteiger partial charge >= 0.3 is 0 Å². The van der Waals surface area contributed by atoms with Gasteiger partial charge in [0.05, 0.1) is 23.4 Å². The predicted octanol–water partition coefficient (Wildman–Crippen LogP) is 2.26. The zero-order valence-corrected chi connectivity index (χ0v) is 10.7. The van der Waals surface area contributed by atoms with Crippen molar-refractivity contribution in [1.82, 2.24) is 0 Å². The summed E-state index contributed by atoms with van der Waals surface area (Å²) >= 11 is 0. The van der Waals surface area contributed by atoms with E-state index in [1.54, 1.807) is 0 Å². The van der Waals surface area contributed by atoms with E-state index in [9.17, 15) is 5.11 Å². The maximum atomic E-state index is 10.3. The maximum absolute atomic E-state index is 10.3. The van der Waals surface area contributed by atoms with Gasteiger partial charge in [0.1, 0.15) is 0 Å². The van der Waals surface area contributed by atoms with E-state index in [2.05, 4.69) is 6.92 Å². The molecule has 4 atom stereocenters. The van der Waals surface area contributed by atoms with Crippen LogP contribution in [0.2, 0.25) is 0 Å². The summed E-state index contributed by atoms with van der Waals surface area (Å²) < 4.78 is 11.8. The normalized spacial score (nSPS) is 49.5. The van der Waals surface area contributed by atoms with E-state index in [0.29, 0.717) is 0 Å². The van der Waals surface area contributed by atoms with Gasteiger partial charge in [-0.2, -0.15) is 0 Å². The SMILES string of the molecule is CC[C@@]1(O)CC[C@@H]([C@@]2(C)CCCO2)O[C@H]1C. The molecule has 0 bridgehead atoms. The second-order valence-electron chi connectivity index (χ2n) is 5.53. The molecule has 2 fully saturated rings. The maximum Gasteiger partial charge on any atom is 0.0915 e. The Bertz CT molecular complexity index is 248. The molecule has 2 aliphatic heterocycles. The van der Waals surface area contributed by atoms with Crippen molar-refractivity contribution in [3.05, 3.63) is 0 Å². The highest BCUT2D eigenvalue weighted by Crippen LogP contribution is 2.40. The highest BCUT2D eigenvalue weighted by Gasteiger charge is 2.47. The monoisotopic (exact) mass is 228 g/mol. The van der Waals surface area contributed by atoms with Crippen molar-refractivity contribution < 1.29 is 14.6 Å². The molecule has 0 spiro atoms. The van der Waals surface area contributed by atoms with Crippen molar-refractivity contribution in [2.45, 2.75) is 76.3 Å². The highest BCUT2D eigenvalue weighted by molar-refractivity contribution is 4.97. The van der Waals surface area contributed by atoms with E-state index in [1.165, 1.54) is 0 Å². The van der Waals surface area contributed by atoms with Gasteiger partial charge in [-0.15, -0.1) is 0 Å². The lowest BCUT2D eigenvalue weighted by Crippen LogP contribution is -2.54. The molecule has 0 unspecified atom stereocenters. The Morgan fingerprint density at radius 3 is 2.62 bits per heavy atom. The van der Waals surface area contributed by atoms with E-state index in [0.717, 1.165) is 38.7 Å². The molecule has 1 N–H and O–H groups in total. The van der Waals surface area contributed by atoms with Crippen LogP contribution in [-0.4, -0.2) is 35.1 Å². The van der Waals surface area contributed by atoms with Gasteiger partial charge in [0.25, 0.3) is 0 Å². The van der Waals surface area contributed by atoms with Gasteiger partial charge in [0.2, 0.25) is 0 Å². The van der Waals surface area contributed by atoms with Crippen molar-refractivity contribution in [2.75, 3.05) is 6.61 Å². The second-order valence-corrected chi connectivity index (χ2v) is 5.53. The van der Waals surface area contributed by atoms with E-state index >= 15 is 0 Å². The summed E-state index contributed by atoms with van der Waals surface area (Å²) in [6, 6.07) is 0. The van der Waals surface area contributed by atoms with Crippen LogP contribution in [0.4, 0.5) is 0 Å². The first kappa shape index (κ1) is 12.3. The smallest absolute Gasteiger partial charge is 0.0915 e. The molecule has 2 heterocycles. The van der Waals surface area contributed by atoms with Crippen LogP contribution in [0.3, 0.4) is 0 Å². The quantitative estimate of drug-likeness (QED) is 0.788. The van der Waals surface area contributed by atoms with Gasteiger partial charge in [-0.05, 0) is 46.0 Å². The largest absolute Gasteiger partial charge is 0.387 e. The molecule has 3 heteroatoms. The molecule has 0 amide bonds. The minimum Gasteiger partial charge on any atom is -0.387 e. The average molecular weight is 228 g/mol. The van der Waals surface area contributed by atoms with Crippen LogP contribution < -0.4 is 0 Å². The molecule has 2 aliphatic rings. The number of hydrogen-bond acceptors (Lipinski definition) is 3. The van der Waals surface area contributed by atoms with Crippen molar-refractivity contribution in [3.63, 3.8) is 0 Å². The molecule has 0 aromatic carbocycles. The summed E-state index contributed by atoms with van der Waals surface area (Å²) in [5.41, 5.74) is -0.755. The van der Waals surface area contributed by atoms with Gasteiger partial charge in [-0.1, -0.05) is 6.92 Å². The number of ether oxygens (including phenoxy) is 2. The van der Waals surface area contributed by atoms with E-state index in [1.807, 2.05) is 13.8 Å². The first-order valence-corrected chi connectivity index (χ1v) is 6.52. The lowest BCUT2D eigenvalue weighted by molar-refractivity contribution is -0.215. The fraction of sp³-hybridized carbons (Fsp3) is 1.00. The van der Waals surface area contributed by atoms with Crippen LogP contribution in [0.15, 0.2) is 0 Å². The summed E-state index contributed by atoms with van der Waals surface area (Å²) in [7, 11) is 0. The fourth-order valence-electron chi connectivity index (χ4n) is 2.99. The molecular formula is C13H24O3. The van der Waals surface area contributed by atoms with Crippen molar-refractivity contribution in [1.29, 1.82) is 0 Å². The van der Waals surface area contributed by atoms with Gasteiger partial charge in [-0.3, -0.25) is 0 Å². The molecule has 0 aromatic rings. The summed E-state index contributed by atoms with van der Waals surface area (Å²) in [6.45, 7) is 7.00. The summed E-state index contributed by atoms with van der Waals surface area (Å²) in [5, 5.41) is 10.3. The molecule has 3 nitrogen and oxygen atoms in total. The van der Waals surface area contributed by atoms with Gasteiger partial charge in [0.15, 0.2) is 0 Å². The zero-order chi connectivity index (χ0) is 11.8. The van der Waals surface area contributed by atoms with Crippen LogP contribution in [0.5, 0.6) is 0 Å². The minimum atomic E-state index is -0.633. The van der Waals surface area contributed by atoms with Gasteiger partial charge < -0.3 is 14.6 Å². The summed E-state index contributed by atoms with van der Waals surface area (Å²) in [6.07, 6.45) is 4.77. The zero-order valence-electron chi connectivity index (χ0n) is 10.7. The molecule has 2 saturated heterocycles. The Hall–Kier alpha value is -0.120. The Kier molecular flexibility index (Phi) is 3.30. The van der Waals surface area contributed by atoms with Crippen molar-refractivity contribution >= 4 is 0 Å². The number of rotatable bonds is 2. The second kappa shape index (κ2) is 4.28.